The molecular formula is H30KNa2O16P. The molecule has 16 nitrogen and oxygen atoms in total. The van der Waals surface area contributed by atoms with E-state index >= 15 is 0 Å². The average Bonchev–Trinajstić information content (AvgIpc) is 0.722. The van der Waals surface area contributed by atoms with Gasteiger partial charge in [0.25, 0.3) is 0 Å². The van der Waals surface area contributed by atoms with Gasteiger partial charge >= 0.3 is 118 Å². The van der Waals surface area contributed by atoms with Crippen molar-refractivity contribution in [1.29, 1.82) is 0 Å². The Bertz CT molecular complexity index is 79.5. The van der Waals surface area contributed by atoms with Gasteiger partial charge in [0.1, 0.15) is 0 Å². The van der Waals surface area contributed by atoms with Crippen LogP contribution in [-0.4, -0.2) is 80.4 Å². The molecule has 0 bridgehead atoms. The molecule has 0 aromatic rings. The number of hydrogen-bond acceptors (Lipinski definition) is 1. The predicted octanol–water partition coefficient (Wildman–Crippen LogP) is -19.5. The monoisotopic (exact) mass is 402 g/mol. The summed E-state index contributed by atoms with van der Waals surface area (Å²) in [6.45, 7) is 0. The van der Waals surface area contributed by atoms with Crippen molar-refractivity contribution in [3.63, 3.8) is 0 Å². The van der Waals surface area contributed by atoms with Crippen LogP contribution in [0.1, 0.15) is 4.28 Å². The second kappa shape index (κ2) is 117. The minimum atomic E-state index is -4.64. The van der Waals surface area contributed by atoms with Crippen molar-refractivity contribution < 1.29 is 200 Å². The van der Waals surface area contributed by atoms with Crippen LogP contribution >= 0.6 is 7.82 Å². The van der Waals surface area contributed by atoms with E-state index in [9.17, 15) is 0 Å². The maximum absolute atomic E-state index is 8.88. The molecule has 0 saturated heterocycles. The van der Waals surface area contributed by atoms with E-state index in [1.807, 2.05) is 0 Å². The molecule has 134 valence electrons. The van der Waals surface area contributed by atoms with Crippen molar-refractivity contribution >= 4 is 7.82 Å². The molecule has 0 saturated carbocycles. The standard InChI is InChI=1S/K.2Na.H3O4P.12H2O.3H/c;;;1-5(2,3)4;;;;;;;;;;;;;;;/h;;;(H3,1,2,3,4);12*1H2;;;/q3*+1;;;;;;;;;;;;;;3*-1. The Morgan fingerprint density at radius 1 is 0.500 bits per heavy atom. The molecule has 20 heavy (non-hydrogen) atoms. The van der Waals surface area contributed by atoms with Crippen LogP contribution in [0.5, 0.6) is 0 Å². The smallest absolute Gasteiger partial charge is 1.00 e. The van der Waals surface area contributed by atoms with Gasteiger partial charge in [0.15, 0.2) is 0 Å². The van der Waals surface area contributed by atoms with Gasteiger partial charge in [0.2, 0.25) is 0 Å². The van der Waals surface area contributed by atoms with Crippen molar-refractivity contribution in [2.24, 2.45) is 0 Å². The van der Waals surface area contributed by atoms with Crippen molar-refractivity contribution in [3.8, 4) is 0 Å². The van der Waals surface area contributed by atoms with E-state index in [1.54, 1.807) is 0 Å². The van der Waals surface area contributed by atoms with E-state index in [0.29, 0.717) is 0 Å². The van der Waals surface area contributed by atoms with Gasteiger partial charge in [0, 0.05) is 0 Å². The molecular weight excluding hydrogens is 372 g/mol. The Hall–Kier alpha value is 3.27. The first-order valence-corrected chi connectivity index (χ1v) is 2.35. The summed E-state index contributed by atoms with van der Waals surface area (Å²) in [4.78, 5) is 21.6. The van der Waals surface area contributed by atoms with Gasteiger partial charge in [-0.2, -0.15) is 0 Å². The fourth-order valence-electron chi connectivity index (χ4n) is 0. The molecule has 0 aromatic heterocycles. The van der Waals surface area contributed by atoms with Crippen molar-refractivity contribution in [1.82, 2.24) is 0 Å². The Balaban J connectivity index is -0.000000000523. The molecule has 0 aliphatic rings. The summed E-state index contributed by atoms with van der Waals surface area (Å²) in [6, 6.07) is 0. The van der Waals surface area contributed by atoms with Crippen LogP contribution in [-0.2, 0) is 4.57 Å². The van der Waals surface area contributed by atoms with Crippen LogP contribution in [0.2, 0.25) is 0 Å². The number of hydrogen-bond donors (Lipinski definition) is 3. The molecule has 0 unspecified atom stereocenters. The van der Waals surface area contributed by atoms with Crippen LogP contribution in [0, 0.1) is 0 Å². The summed E-state index contributed by atoms with van der Waals surface area (Å²) in [5, 5.41) is 0. The molecule has 0 aliphatic heterocycles. The third-order valence-electron chi connectivity index (χ3n) is 0. The Morgan fingerprint density at radius 3 is 0.500 bits per heavy atom. The van der Waals surface area contributed by atoms with Gasteiger partial charge in [-0.3, -0.25) is 0 Å². The van der Waals surface area contributed by atoms with E-state index in [-0.39, 0.29) is 180 Å². The number of rotatable bonds is 0. The van der Waals surface area contributed by atoms with Crippen molar-refractivity contribution in [3.05, 3.63) is 0 Å². The van der Waals surface area contributed by atoms with Crippen molar-refractivity contribution in [2.45, 2.75) is 0 Å². The molecule has 0 atom stereocenters. The second-order valence-corrected chi connectivity index (χ2v) is 1.54. The largest absolute Gasteiger partial charge is 1.00 e. The van der Waals surface area contributed by atoms with Gasteiger partial charge in [-0.25, -0.2) is 4.57 Å². The van der Waals surface area contributed by atoms with E-state index in [2.05, 4.69) is 0 Å². The first kappa shape index (κ1) is 218. The minimum Gasteiger partial charge on any atom is -1.00 e. The summed E-state index contributed by atoms with van der Waals surface area (Å²) < 4.78 is 8.88. The normalized spacial score (nSPS) is 2.95. The minimum absolute atomic E-state index is 0. The first-order chi connectivity index (χ1) is 2.00. The van der Waals surface area contributed by atoms with Gasteiger partial charge in [0.05, 0.1) is 0 Å². The molecule has 0 fully saturated rings. The quantitative estimate of drug-likeness (QED) is 0.262. The molecule has 0 heterocycles. The zero-order chi connectivity index (χ0) is 4.50. The Kier molecular flexibility index (Phi) is 1280. The topological polar surface area (TPSA) is 456 Å². The Morgan fingerprint density at radius 2 is 0.500 bits per heavy atom. The molecule has 27 N–H and O–H groups in total. The first-order valence-electron chi connectivity index (χ1n) is 0.783. The molecule has 0 rings (SSSR count). The third kappa shape index (κ3) is 819. The molecule has 0 aromatic carbocycles. The van der Waals surface area contributed by atoms with Crippen LogP contribution in [0.25, 0.3) is 0 Å². The van der Waals surface area contributed by atoms with Gasteiger partial charge in [-0.15, -0.1) is 0 Å². The fraction of sp³-hybridized carbons (Fsp3) is 0. The summed E-state index contributed by atoms with van der Waals surface area (Å²) in [5.74, 6) is 0. The summed E-state index contributed by atoms with van der Waals surface area (Å²) in [6.07, 6.45) is 0. The van der Waals surface area contributed by atoms with E-state index < -0.39 is 7.82 Å². The van der Waals surface area contributed by atoms with Crippen LogP contribution in [0.3, 0.4) is 0 Å². The predicted molar refractivity (Wildman–Crippen MR) is 61.0 cm³/mol. The van der Waals surface area contributed by atoms with Gasteiger partial charge < -0.3 is 84.7 Å². The molecule has 0 amide bonds. The van der Waals surface area contributed by atoms with Gasteiger partial charge in [-0.05, 0) is 0 Å². The SMILES string of the molecule is O.O.O.O.O.O.O.O.O.O.O.O.O=P(O)(O)O.[H-].[H-].[H-].[K+].[Na+].[Na+]. The number of phosphoric acid groups is 1. The Labute approximate surface area is 204 Å². The van der Waals surface area contributed by atoms with E-state index in [4.69, 9.17) is 19.2 Å². The van der Waals surface area contributed by atoms with Crippen LogP contribution in [0.4, 0.5) is 0 Å². The maximum Gasteiger partial charge on any atom is 1.00 e. The average molecular weight is 402 g/mol. The van der Waals surface area contributed by atoms with Gasteiger partial charge in [-0.1, -0.05) is 0 Å². The summed E-state index contributed by atoms with van der Waals surface area (Å²) >= 11 is 0. The molecule has 0 aliphatic carbocycles. The van der Waals surface area contributed by atoms with Crippen molar-refractivity contribution in [2.75, 3.05) is 0 Å². The van der Waals surface area contributed by atoms with E-state index in [1.165, 1.54) is 0 Å². The maximum atomic E-state index is 8.88. The second-order valence-electron chi connectivity index (χ2n) is 0.513. The van der Waals surface area contributed by atoms with Crippen LogP contribution in [0.15, 0.2) is 0 Å². The van der Waals surface area contributed by atoms with E-state index in [0.717, 1.165) is 0 Å². The zero-order valence-corrected chi connectivity index (χ0v) is 19.2. The third-order valence-corrected chi connectivity index (χ3v) is 0. The fourth-order valence-corrected chi connectivity index (χ4v) is 0. The molecule has 0 spiro atoms. The summed E-state index contributed by atoms with van der Waals surface area (Å²) in [5.41, 5.74) is 0. The molecule has 20 heteroatoms. The molecule has 0 radical (unpaired) electrons. The van der Waals surface area contributed by atoms with Crippen LogP contribution < -0.4 is 110 Å². The summed E-state index contributed by atoms with van der Waals surface area (Å²) in [7, 11) is -4.64. The zero-order valence-electron chi connectivity index (χ0n) is 14.2.